The predicted molar refractivity (Wildman–Crippen MR) is 80.9 cm³/mol. The fourth-order valence-corrected chi connectivity index (χ4v) is 3.29. The van der Waals surface area contributed by atoms with Gasteiger partial charge >= 0.3 is 5.97 Å². The van der Waals surface area contributed by atoms with Crippen molar-refractivity contribution in [2.45, 2.75) is 45.1 Å². The van der Waals surface area contributed by atoms with Gasteiger partial charge in [0.15, 0.2) is 0 Å². The van der Waals surface area contributed by atoms with E-state index in [1.807, 2.05) is 7.05 Å². The molecule has 0 bridgehead atoms. The van der Waals surface area contributed by atoms with Crippen LogP contribution in [-0.2, 0) is 10.2 Å². The maximum atomic E-state index is 11.0. The minimum atomic E-state index is -0.721. The molecule has 110 valence electrons. The zero-order chi connectivity index (χ0) is 14.9. The normalized spacial score (nSPS) is 22.4. The van der Waals surface area contributed by atoms with Crippen LogP contribution in [0.5, 0.6) is 0 Å². The smallest absolute Gasteiger partial charge is 0.307 e. The number of carboxylic acid groups (broad SMARTS) is 1. The Kier molecular flexibility index (Phi) is 4.19. The van der Waals surface area contributed by atoms with Crippen molar-refractivity contribution >= 4 is 5.97 Å². The van der Waals surface area contributed by atoms with Gasteiger partial charge in [-0.2, -0.15) is 0 Å². The van der Waals surface area contributed by atoms with Gasteiger partial charge in [-0.05, 0) is 36.4 Å². The number of fused-ring (bicyclic) bond motifs is 1. The van der Waals surface area contributed by atoms with Gasteiger partial charge in [-0.3, -0.25) is 9.69 Å². The van der Waals surface area contributed by atoms with Crippen molar-refractivity contribution in [2.75, 3.05) is 13.6 Å². The van der Waals surface area contributed by atoms with Gasteiger partial charge in [-0.1, -0.05) is 45.0 Å². The second kappa shape index (κ2) is 5.57. The van der Waals surface area contributed by atoms with Crippen LogP contribution < -0.4 is 0 Å². The van der Waals surface area contributed by atoms with Crippen molar-refractivity contribution in [3.8, 4) is 0 Å². The van der Waals surface area contributed by atoms with Crippen molar-refractivity contribution in [1.82, 2.24) is 4.90 Å². The third-order valence-corrected chi connectivity index (χ3v) is 4.61. The van der Waals surface area contributed by atoms with Crippen LogP contribution in [-0.4, -0.2) is 29.6 Å². The summed E-state index contributed by atoms with van der Waals surface area (Å²) in [6.45, 7) is 6.95. The van der Waals surface area contributed by atoms with Crippen LogP contribution in [0.15, 0.2) is 24.3 Å². The molecular weight excluding hydrogens is 250 g/mol. The minimum Gasteiger partial charge on any atom is -0.481 e. The zero-order valence-corrected chi connectivity index (χ0v) is 12.9. The largest absolute Gasteiger partial charge is 0.481 e. The summed E-state index contributed by atoms with van der Waals surface area (Å²) in [6, 6.07) is 8.93. The summed E-state index contributed by atoms with van der Waals surface area (Å²) in [5.74, 6) is -1.05. The maximum absolute atomic E-state index is 11.0. The van der Waals surface area contributed by atoms with Crippen LogP contribution in [0.4, 0.5) is 0 Å². The molecule has 3 heteroatoms. The summed E-state index contributed by atoms with van der Waals surface area (Å²) >= 11 is 0. The third kappa shape index (κ3) is 2.88. The van der Waals surface area contributed by atoms with Gasteiger partial charge in [-0.15, -0.1) is 0 Å². The molecule has 0 spiro atoms. The fourth-order valence-electron chi connectivity index (χ4n) is 3.29. The minimum absolute atomic E-state index is 0.215. The van der Waals surface area contributed by atoms with Crippen molar-refractivity contribution < 1.29 is 9.90 Å². The number of benzene rings is 1. The van der Waals surface area contributed by atoms with E-state index >= 15 is 0 Å². The highest BCUT2D eigenvalue weighted by atomic mass is 16.4. The molecule has 2 rings (SSSR count). The number of rotatable bonds is 4. The van der Waals surface area contributed by atoms with E-state index in [4.69, 9.17) is 5.11 Å². The average molecular weight is 275 g/mol. The topological polar surface area (TPSA) is 40.5 Å². The highest BCUT2D eigenvalue weighted by Crippen LogP contribution is 2.43. The van der Waals surface area contributed by atoms with Crippen LogP contribution in [0, 0.1) is 5.92 Å². The molecule has 3 nitrogen and oxygen atoms in total. The first-order chi connectivity index (χ1) is 9.33. The molecule has 1 aromatic carbocycles. The summed E-state index contributed by atoms with van der Waals surface area (Å²) < 4.78 is 0. The van der Waals surface area contributed by atoms with Gasteiger partial charge in [0.2, 0.25) is 0 Å². The van der Waals surface area contributed by atoms with Gasteiger partial charge in [0.05, 0.1) is 5.92 Å². The summed E-state index contributed by atoms with van der Waals surface area (Å²) in [6.07, 6.45) is 2.23. The molecule has 0 aliphatic heterocycles. The molecule has 0 aromatic heterocycles. The van der Waals surface area contributed by atoms with E-state index in [1.165, 1.54) is 11.1 Å². The predicted octanol–water partition coefficient (Wildman–Crippen LogP) is 3.45. The summed E-state index contributed by atoms with van der Waals surface area (Å²) in [5.41, 5.74) is 2.99. The Hall–Kier alpha value is -1.35. The Balaban J connectivity index is 2.24. The van der Waals surface area contributed by atoms with Crippen LogP contribution in [0.1, 0.15) is 50.8 Å². The number of carboxylic acids is 1. The summed E-state index contributed by atoms with van der Waals surface area (Å²) in [7, 11) is 2.04. The molecule has 1 N–H and O–H groups in total. The molecule has 2 atom stereocenters. The molecular formula is C17H25NO2. The maximum Gasteiger partial charge on any atom is 0.307 e. The van der Waals surface area contributed by atoms with Crippen LogP contribution in [0.3, 0.4) is 0 Å². The van der Waals surface area contributed by atoms with Crippen molar-refractivity contribution in [2.24, 2.45) is 5.92 Å². The monoisotopic (exact) mass is 275 g/mol. The van der Waals surface area contributed by atoms with Crippen molar-refractivity contribution in [3.05, 3.63) is 35.4 Å². The highest BCUT2D eigenvalue weighted by Gasteiger charge is 2.34. The van der Waals surface area contributed by atoms with Gasteiger partial charge in [-0.25, -0.2) is 0 Å². The third-order valence-electron chi connectivity index (χ3n) is 4.61. The van der Waals surface area contributed by atoms with Crippen LogP contribution in [0.2, 0.25) is 0 Å². The summed E-state index contributed by atoms with van der Waals surface area (Å²) in [5, 5.41) is 9.08. The Morgan fingerprint density at radius 1 is 1.45 bits per heavy atom. The average Bonchev–Trinajstić information content (AvgIpc) is 2.38. The lowest BCUT2D eigenvalue weighted by atomic mass is 9.70. The Morgan fingerprint density at radius 3 is 2.75 bits per heavy atom. The van der Waals surface area contributed by atoms with E-state index in [-0.39, 0.29) is 11.3 Å². The molecule has 0 saturated heterocycles. The van der Waals surface area contributed by atoms with Gasteiger partial charge in [0.1, 0.15) is 0 Å². The molecule has 0 heterocycles. The lowest BCUT2D eigenvalue weighted by Gasteiger charge is -2.41. The molecule has 0 fully saturated rings. The molecule has 1 aliphatic rings. The SMILES string of the molecule is CC(CN(C)C1CCC(C)(C)c2ccccc21)C(=O)O. The lowest BCUT2D eigenvalue weighted by Crippen LogP contribution is -2.37. The molecule has 1 aliphatic carbocycles. The number of nitrogens with zero attached hydrogens (tertiary/aromatic N) is 1. The standard InChI is InChI=1S/C17H25NO2/c1-12(16(19)20)11-18(4)15-9-10-17(2,3)14-8-6-5-7-13(14)15/h5-8,12,15H,9-11H2,1-4H3,(H,19,20). The van der Waals surface area contributed by atoms with E-state index in [2.05, 4.69) is 43.0 Å². The first-order valence-electron chi connectivity index (χ1n) is 7.35. The lowest BCUT2D eigenvalue weighted by molar-refractivity contribution is -0.141. The Bertz CT molecular complexity index is 496. The highest BCUT2D eigenvalue weighted by molar-refractivity contribution is 5.69. The zero-order valence-electron chi connectivity index (χ0n) is 12.9. The Labute approximate surface area is 121 Å². The van der Waals surface area contributed by atoms with E-state index in [1.54, 1.807) is 6.92 Å². The van der Waals surface area contributed by atoms with Crippen molar-refractivity contribution in [3.63, 3.8) is 0 Å². The quantitative estimate of drug-likeness (QED) is 0.915. The number of hydrogen-bond donors (Lipinski definition) is 1. The molecule has 0 radical (unpaired) electrons. The molecule has 0 amide bonds. The van der Waals surface area contributed by atoms with E-state index in [0.717, 1.165) is 12.8 Å². The number of carbonyl (C=O) groups is 1. The second-order valence-corrected chi connectivity index (χ2v) is 6.70. The molecule has 2 unspecified atom stereocenters. The molecule has 20 heavy (non-hydrogen) atoms. The van der Waals surface area contributed by atoms with Gasteiger partial charge in [0, 0.05) is 12.6 Å². The fraction of sp³-hybridized carbons (Fsp3) is 0.588. The molecule has 0 saturated carbocycles. The van der Waals surface area contributed by atoms with E-state index in [9.17, 15) is 4.79 Å². The van der Waals surface area contributed by atoms with E-state index < -0.39 is 5.97 Å². The van der Waals surface area contributed by atoms with Crippen LogP contribution in [0.25, 0.3) is 0 Å². The van der Waals surface area contributed by atoms with Gasteiger partial charge < -0.3 is 5.11 Å². The first-order valence-corrected chi connectivity index (χ1v) is 7.35. The van der Waals surface area contributed by atoms with E-state index in [0.29, 0.717) is 12.6 Å². The Morgan fingerprint density at radius 2 is 2.10 bits per heavy atom. The van der Waals surface area contributed by atoms with Crippen LogP contribution >= 0.6 is 0 Å². The second-order valence-electron chi connectivity index (χ2n) is 6.70. The first kappa shape index (κ1) is 15.0. The van der Waals surface area contributed by atoms with Crippen molar-refractivity contribution in [1.29, 1.82) is 0 Å². The number of aliphatic carboxylic acids is 1. The number of hydrogen-bond acceptors (Lipinski definition) is 2. The van der Waals surface area contributed by atoms with Gasteiger partial charge in [0.25, 0.3) is 0 Å². The molecule has 1 aromatic rings. The summed E-state index contributed by atoms with van der Waals surface area (Å²) in [4.78, 5) is 13.2.